The van der Waals surface area contributed by atoms with Gasteiger partial charge in [0.15, 0.2) is 0 Å². The Balaban J connectivity index is 1.54. The average molecular weight is 284 g/mol. The first kappa shape index (κ1) is 14.3. The van der Waals surface area contributed by atoms with Crippen molar-refractivity contribution >= 4 is 0 Å². The summed E-state index contributed by atoms with van der Waals surface area (Å²) in [6.45, 7) is 4.29. The molecule has 0 bridgehead atoms. The molecule has 0 spiro atoms. The van der Waals surface area contributed by atoms with Gasteiger partial charge in [-0.1, -0.05) is 12.1 Å². The molecule has 1 aliphatic rings. The molecule has 1 saturated heterocycles. The number of piperidine rings is 1. The van der Waals surface area contributed by atoms with E-state index in [1.54, 1.807) is 6.20 Å². The summed E-state index contributed by atoms with van der Waals surface area (Å²) >= 11 is 0. The van der Waals surface area contributed by atoms with E-state index in [0.717, 1.165) is 24.7 Å². The van der Waals surface area contributed by atoms with Gasteiger partial charge in [0.2, 0.25) is 0 Å². The first-order valence-electron chi connectivity index (χ1n) is 7.85. The lowest BCUT2D eigenvalue weighted by atomic mass is 9.93. The van der Waals surface area contributed by atoms with Crippen LogP contribution in [0.5, 0.6) is 0 Å². The summed E-state index contributed by atoms with van der Waals surface area (Å²) in [5.41, 5.74) is 8.20. The van der Waals surface area contributed by atoms with Crippen LogP contribution in [0.25, 0.3) is 5.69 Å². The fraction of sp³-hybridized carbons (Fsp3) is 0.471. The van der Waals surface area contributed by atoms with Gasteiger partial charge in [0.25, 0.3) is 0 Å². The molecule has 0 aliphatic carbocycles. The number of benzene rings is 1. The molecule has 0 saturated carbocycles. The van der Waals surface area contributed by atoms with Crippen molar-refractivity contribution in [2.45, 2.75) is 25.8 Å². The number of nitrogens with zero attached hydrogens (tertiary/aromatic N) is 3. The van der Waals surface area contributed by atoms with Gasteiger partial charge in [0.1, 0.15) is 0 Å². The normalized spacial score (nSPS) is 17.2. The summed E-state index contributed by atoms with van der Waals surface area (Å²) in [5.74, 6) is 0.842. The molecule has 0 atom stereocenters. The lowest BCUT2D eigenvalue weighted by Gasteiger charge is -2.31. The van der Waals surface area contributed by atoms with Crippen LogP contribution >= 0.6 is 0 Å². The second-order valence-electron chi connectivity index (χ2n) is 5.93. The zero-order valence-electron chi connectivity index (χ0n) is 12.5. The third-order valence-electron chi connectivity index (χ3n) is 4.43. The highest BCUT2D eigenvalue weighted by atomic mass is 15.1. The molecule has 21 heavy (non-hydrogen) atoms. The van der Waals surface area contributed by atoms with E-state index < -0.39 is 0 Å². The van der Waals surface area contributed by atoms with Gasteiger partial charge in [-0.15, -0.1) is 0 Å². The van der Waals surface area contributed by atoms with Crippen LogP contribution in [0.4, 0.5) is 0 Å². The van der Waals surface area contributed by atoms with Gasteiger partial charge in [-0.25, -0.2) is 4.98 Å². The van der Waals surface area contributed by atoms with Crippen LogP contribution < -0.4 is 5.73 Å². The molecular formula is C17H24N4. The van der Waals surface area contributed by atoms with Crippen LogP contribution in [-0.4, -0.2) is 34.1 Å². The molecule has 2 heterocycles. The smallest absolute Gasteiger partial charge is 0.0991 e. The minimum absolute atomic E-state index is 0.834. The maximum atomic E-state index is 5.65. The number of rotatable bonds is 5. The highest BCUT2D eigenvalue weighted by molar-refractivity contribution is 5.34. The summed E-state index contributed by atoms with van der Waals surface area (Å²) in [4.78, 5) is 6.64. The molecule has 1 aliphatic heterocycles. The molecule has 0 amide bonds. The molecule has 4 heteroatoms. The first-order valence-corrected chi connectivity index (χ1v) is 7.85. The Morgan fingerprint density at radius 1 is 1.14 bits per heavy atom. The maximum Gasteiger partial charge on any atom is 0.0991 e. The number of aromatic nitrogens is 2. The van der Waals surface area contributed by atoms with E-state index in [1.165, 1.54) is 37.9 Å². The number of imidazole rings is 1. The van der Waals surface area contributed by atoms with Crippen molar-refractivity contribution in [3.05, 3.63) is 48.5 Å². The van der Waals surface area contributed by atoms with Crippen molar-refractivity contribution in [2.24, 2.45) is 11.7 Å². The lowest BCUT2D eigenvalue weighted by molar-refractivity contribution is 0.173. The zero-order valence-corrected chi connectivity index (χ0v) is 12.5. The summed E-state index contributed by atoms with van der Waals surface area (Å²) in [7, 11) is 0. The van der Waals surface area contributed by atoms with Gasteiger partial charge in [-0.2, -0.15) is 0 Å². The molecule has 1 fully saturated rings. The molecule has 0 radical (unpaired) electrons. The van der Waals surface area contributed by atoms with Gasteiger partial charge in [0.05, 0.1) is 6.33 Å². The summed E-state index contributed by atoms with van der Waals surface area (Å²) in [5, 5.41) is 0. The Morgan fingerprint density at radius 3 is 2.52 bits per heavy atom. The van der Waals surface area contributed by atoms with E-state index in [1.807, 2.05) is 17.1 Å². The SMILES string of the molecule is NCCC1CCN(Cc2ccc(-n3ccnc3)cc2)CC1. The quantitative estimate of drug-likeness (QED) is 0.917. The monoisotopic (exact) mass is 284 g/mol. The number of hydrogen-bond donors (Lipinski definition) is 1. The molecular weight excluding hydrogens is 260 g/mol. The molecule has 4 nitrogen and oxygen atoms in total. The molecule has 1 aromatic heterocycles. The predicted molar refractivity (Wildman–Crippen MR) is 85.2 cm³/mol. The standard InChI is InChI=1S/C17H24N4/c18-8-5-15-6-10-20(11-7-15)13-16-1-3-17(4-2-16)21-12-9-19-14-21/h1-4,9,12,14-15H,5-8,10-11,13,18H2. The molecule has 2 aromatic rings. The van der Waals surface area contributed by atoms with Crippen molar-refractivity contribution in [2.75, 3.05) is 19.6 Å². The van der Waals surface area contributed by atoms with Crippen molar-refractivity contribution in [3.8, 4) is 5.69 Å². The minimum atomic E-state index is 0.834. The Morgan fingerprint density at radius 2 is 1.90 bits per heavy atom. The Bertz CT molecular complexity index is 524. The molecule has 2 N–H and O–H groups in total. The largest absolute Gasteiger partial charge is 0.330 e. The summed E-state index contributed by atoms with van der Waals surface area (Å²) < 4.78 is 2.03. The van der Waals surface area contributed by atoms with Crippen molar-refractivity contribution in [1.82, 2.24) is 14.5 Å². The summed E-state index contributed by atoms with van der Waals surface area (Å²) in [6.07, 6.45) is 9.38. The van der Waals surface area contributed by atoms with Gasteiger partial charge < -0.3 is 10.3 Å². The van der Waals surface area contributed by atoms with Gasteiger partial charge in [-0.3, -0.25) is 4.90 Å². The Labute approximate surface area is 126 Å². The summed E-state index contributed by atoms with van der Waals surface area (Å²) in [6, 6.07) is 8.78. The van der Waals surface area contributed by atoms with Gasteiger partial charge in [0, 0.05) is 24.6 Å². The van der Waals surface area contributed by atoms with Crippen LogP contribution in [0.2, 0.25) is 0 Å². The maximum absolute atomic E-state index is 5.65. The molecule has 112 valence electrons. The minimum Gasteiger partial charge on any atom is -0.330 e. The van der Waals surface area contributed by atoms with E-state index in [0.29, 0.717) is 0 Å². The number of likely N-dealkylation sites (tertiary alicyclic amines) is 1. The highest BCUT2D eigenvalue weighted by Gasteiger charge is 2.18. The third kappa shape index (κ3) is 3.71. The van der Waals surface area contributed by atoms with Crippen molar-refractivity contribution in [1.29, 1.82) is 0 Å². The first-order chi connectivity index (χ1) is 10.3. The molecule has 0 unspecified atom stereocenters. The van der Waals surface area contributed by atoms with Crippen LogP contribution in [0.15, 0.2) is 43.0 Å². The van der Waals surface area contributed by atoms with E-state index in [2.05, 4.69) is 34.1 Å². The second kappa shape index (κ2) is 6.87. The van der Waals surface area contributed by atoms with Crippen LogP contribution in [0.1, 0.15) is 24.8 Å². The Hall–Kier alpha value is -1.65. The third-order valence-corrected chi connectivity index (χ3v) is 4.43. The van der Waals surface area contributed by atoms with Crippen molar-refractivity contribution in [3.63, 3.8) is 0 Å². The second-order valence-corrected chi connectivity index (χ2v) is 5.93. The van der Waals surface area contributed by atoms with Crippen LogP contribution in [-0.2, 0) is 6.54 Å². The fourth-order valence-electron chi connectivity index (χ4n) is 3.11. The van der Waals surface area contributed by atoms with E-state index in [4.69, 9.17) is 5.73 Å². The zero-order chi connectivity index (χ0) is 14.5. The lowest BCUT2D eigenvalue weighted by Crippen LogP contribution is -2.33. The predicted octanol–water partition coefficient (Wildman–Crippen LogP) is 2.43. The van der Waals surface area contributed by atoms with Gasteiger partial charge in [-0.05, 0) is 62.5 Å². The van der Waals surface area contributed by atoms with Gasteiger partial charge >= 0.3 is 0 Å². The number of nitrogens with two attached hydrogens (primary N) is 1. The fourth-order valence-corrected chi connectivity index (χ4v) is 3.11. The van der Waals surface area contributed by atoms with E-state index in [9.17, 15) is 0 Å². The van der Waals surface area contributed by atoms with E-state index >= 15 is 0 Å². The van der Waals surface area contributed by atoms with Crippen LogP contribution in [0, 0.1) is 5.92 Å². The highest BCUT2D eigenvalue weighted by Crippen LogP contribution is 2.21. The van der Waals surface area contributed by atoms with Crippen molar-refractivity contribution < 1.29 is 0 Å². The Kier molecular flexibility index (Phi) is 4.68. The van der Waals surface area contributed by atoms with Crippen LogP contribution in [0.3, 0.4) is 0 Å². The average Bonchev–Trinajstić information content (AvgIpc) is 3.05. The van der Waals surface area contributed by atoms with E-state index in [-0.39, 0.29) is 0 Å². The molecule has 1 aromatic carbocycles. The topological polar surface area (TPSA) is 47.1 Å². The number of hydrogen-bond acceptors (Lipinski definition) is 3. The molecule has 3 rings (SSSR count).